The number of carbonyl (C=O) groups is 1. The third-order valence-corrected chi connectivity index (χ3v) is 2.59. The summed E-state index contributed by atoms with van der Waals surface area (Å²) in [6, 6.07) is 7.39. The number of amides is 1. The van der Waals surface area contributed by atoms with Gasteiger partial charge in [-0.2, -0.15) is 0 Å². The molecule has 0 saturated heterocycles. The van der Waals surface area contributed by atoms with Crippen LogP contribution < -0.4 is 5.32 Å². The molecule has 0 radical (unpaired) electrons. The van der Waals surface area contributed by atoms with Gasteiger partial charge in [-0.1, -0.05) is 23.7 Å². The van der Waals surface area contributed by atoms with E-state index in [-0.39, 0.29) is 5.91 Å². The van der Waals surface area contributed by atoms with Crippen LogP contribution in [-0.4, -0.2) is 38.0 Å². The second kappa shape index (κ2) is 7.30. The minimum Gasteiger partial charge on any atom is -0.356 e. The number of hydrogen-bond acceptors (Lipinski definition) is 2. The molecule has 0 unspecified atom stereocenters. The van der Waals surface area contributed by atoms with Gasteiger partial charge < -0.3 is 10.2 Å². The lowest BCUT2D eigenvalue weighted by Crippen LogP contribution is -2.28. The molecule has 0 saturated carbocycles. The van der Waals surface area contributed by atoms with Crippen molar-refractivity contribution >= 4 is 17.5 Å². The van der Waals surface area contributed by atoms with Crippen LogP contribution in [0.15, 0.2) is 24.3 Å². The highest BCUT2D eigenvalue weighted by atomic mass is 35.5. The molecular formula is C13H19ClN2O. The molecule has 0 spiro atoms. The third-order valence-electron chi connectivity index (χ3n) is 2.36. The number of nitrogens with one attached hydrogen (secondary N) is 1. The lowest BCUT2D eigenvalue weighted by Gasteiger charge is -2.09. The van der Waals surface area contributed by atoms with Crippen LogP contribution in [-0.2, 0) is 11.2 Å². The van der Waals surface area contributed by atoms with Gasteiger partial charge in [-0.25, -0.2) is 0 Å². The van der Waals surface area contributed by atoms with Gasteiger partial charge in [-0.3, -0.25) is 4.79 Å². The van der Waals surface area contributed by atoms with Crippen molar-refractivity contribution in [1.29, 1.82) is 0 Å². The highest BCUT2D eigenvalue weighted by Crippen LogP contribution is 2.10. The molecule has 0 fully saturated rings. The van der Waals surface area contributed by atoms with Crippen LogP contribution in [0.4, 0.5) is 0 Å². The zero-order chi connectivity index (χ0) is 12.7. The van der Waals surface area contributed by atoms with E-state index in [2.05, 4.69) is 10.2 Å². The van der Waals surface area contributed by atoms with Gasteiger partial charge >= 0.3 is 0 Å². The summed E-state index contributed by atoms with van der Waals surface area (Å²) in [6.45, 7) is 1.70. The van der Waals surface area contributed by atoms with Crippen LogP contribution in [0.25, 0.3) is 0 Å². The third kappa shape index (κ3) is 6.29. The minimum atomic E-state index is 0.0472. The molecule has 0 aliphatic rings. The predicted octanol–water partition coefficient (Wildman–Crippen LogP) is 1.95. The Bertz CT molecular complexity index is 366. The summed E-state index contributed by atoms with van der Waals surface area (Å²) in [5.41, 5.74) is 0.947. The molecule has 0 aliphatic heterocycles. The molecule has 4 heteroatoms. The Morgan fingerprint density at radius 2 is 2.18 bits per heavy atom. The summed E-state index contributed by atoms with van der Waals surface area (Å²) in [6.07, 6.45) is 1.36. The number of nitrogens with zero attached hydrogens (tertiary/aromatic N) is 1. The zero-order valence-corrected chi connectivity index (χ0v) is 11.1. The van der Waals surface area contributed by atoms with E-state index < -0.39 is 0 Å². The molecule has 3 nitrogen and oxygen atoms in total. The smallest absolute Gasteiger partial charge is 0.224 e. The first kappa shape index (κ1) is 14.0. The molecule has 0 atom stereocenters. The highest BCUT2D eigenvalue weighted by Gasteiger charge is 2.03. The number of halogens is 1. The fourth-order valence-electron chi connectivity index (χ4n) is 1.52. The van der Waals surface area contributed by atoms with E-state index in [1.165, 1.54) is 0 Å². The topological polar surface area (TPSA) is 32.3 Å². The summed E-state index contributed by atoms with van der Waals surface area (Å²) >= 11 is 5.85. The van der Waals surface area contributed by atoms with Gasteiger partial charge in [0.2, 0.25) is 5.91 Å². The summed E-state index contributed by atoms with van der Waals surface area (Å²) in [4.78, 5) is 13.7. The van der Waals surface area contributed by atoms with E-state index >= 15 is 0 Å². The highest BCUT2D eigenvalue weighted by molar-refractivity contribution is 6.30. The van der Waals surface area contributed by atoms with Crippen LogP contribution >= 0.6 is 11.6 Å². The van der Waals surface area contributed by atoms with Gasteiger partial charge in [0.05, 0.1) is 6.42 Å². The first-order valence-corrected chi connectivity index (χ1v) is 6.11. The molecule has 1 rings (SSSR count). The van der Waals surface area contributed by atoms with Crippen LogP contribution in [0.1, 0.15) is 12.0 Å². The van der Waals surface area contributed by atoms with Gasteiger partial charge in [-0.15, -0.1) is 0 Å². The molecule has 0 heterocycles. The maximum atomic E-state index is 11.6. The van der Waals surface area contributed by atoms with Crippen LogP contribution in [0.2, 0.25) is 5.02 Å². The first-order chi connectivity index (χ1) is 8.08. The summed E-state index contributed by atoms with van der Waals surface area (Å²) in [7, 11) is 4.04. The summed E-state index contributed by atoms with van der Waals surface area (Å²) in [5, 5.41) is 3.57. The molecule has 17 heavy (non-hydrogen) atoms. The maximum Gasteiger partial charge on any atom is 0.224 e. The molecule has 1 aromatic carbocycles. The quantitative estimate of drug-likeness (QED) is 0.787. The number of benzene rings is 1. The van der Waals surface area contributed by atoms with Crippen molar-refractivity contribution in [3.05, 3.63) is 34.9 Å². The Morgan fingerprint density at radius 1 is 1.41 bits per heavy atom. The number of carbonyl (C=O) groups excluding carboxylic acids is 1. The lowest BCUT2D eigenvalue weighted by molar-refractivity contribution is -0.120. The van der Waals surface area contributed by atoms with E-state index in [4.69, 9.17) is 11.6 Å². The van der Waals surface area contributed by atoms with E-state index in [1.807, 2.05) is 32.3 Å². The Hall–Kier alpha value is -1.06. The van der Waals surface area contributed by atoms with Gasteiger partial charge in [-0.05, 0) is 44.8 Å². The van der Waals surface area contributed by atoms with Gasteiger partial charge in [0.1, 0.15) is 0 Å². The van der Waals surface area contributed by atoms with Crippen molar-refractivity contribution in [2.45, 2.75) is 12.8 Å². The molecule has 0 aliphatic carbocycles. The average Bonchev–Trinajstić information content (AvgIpc) is 2.24. The van der Waals surface area contributed by atoms with Gasteiger partial charge in [0.25, 0.3) is 0 Å². The Balaban J connectivity index is 2.25. The molecule has 94 valence electrons. The van der Waals surface area contributed by atoms with Crippen LogP contribution in [0, 0.1) is 0 Å². The molecule has 1 amide bonds. The number of rotatable bonds is 6. The van der Waals surface area contributed by atoms with Crippen molar-refractivity contribution < 1.29 is 4.79 Å². The predicted molar refractivity (Wildman–Crippen MR) is 71.3 cm³/mol. The SMILES string of the molecule is CN(C)CCCNC(=O)Cc1cccc(Cl)c1. The second-order valence-electron chi connectivity index (χ2n) is 4.31. The monoisotopic (exact) mass is 254 g/mol. The maximum absolute atomic E-state index is 11.6. The van der Waals surface area contributed by atoms with E-state index in [0.717, 1.165) is 25.1 Å². The van der Waals surface area contributed by atoms with Crippen molar-refractivity contribution in [1.82, 2.24) is 10.2 Å². The Kier molecular flexibility index (Phi) is 6.01. The van der Waals surface area contributed by atoms with Crippen molar-refractivity contribution in [3.63, 3.8) is 0 Å². The average molecular weight is 255 g/mol. The van der Waals surface area contributed by atoms with E-state index in [9.17, 15) is 4.79 Å². The number of hydrogen-bond donors (Lipinski definition) is 1. The molecule has 1 N–H and O–H groups in total. The normalized spacial score (nSPS) is 10.6. The summed E-state index contributed by atoms with van der Waals surface area (Å²) < 4.78 is 0. The standard InChI is InChI=1S/C13H19ClN2O/c1-16(2)8-4-7-15-13(17)10-11-5-3-6-12(14)9-11/h3,5-6,9H,4,7-8,10H2,1-2H3,(H,15,17). The first-order valence-electron chi connectivity index (χ1n) is 5.74. The second-order valence-corrected chi connectivity index (χ2v) is 4.75. The lowest BCUT2D eigenvalue weighted by atomic mass is 10.1. The van der Waals surface area contributed by atoms with Crippen molar-refractivity contribution in [2.24, 2.45) is 0 Å². The van der Waals surface area contributed by atoms with Crippen LogP contribution in [0.5, 0.6) is 0 Å². The van der Waals surface area contributed by atoms with E-state index in [1.54, 1.807) is 6.07 Å². The van der Waals surface area contributed by atoms with Gasteiger partial charge in [0, 0.05) is 11.6 Å². The fraction of sp³-hybridized carbons (Fsp3) is 0.462. The molecule has 1 aromatic rings. The fourth-order valence-corrected chi connectivity index (χ4v) is 1.73. The van der Waals surface area contributed by atoms with Crippen LogP contribution in [0.3, 0.4) is 0 Å². The molecular weight excluding hydrogens is 236 g/mol. The van der Waals surface area contributed by atoms with Crippen molar-refractivity contribution in [2.75, 3.05) is 27.2 Å². The minimum absolute atomic E-state index is 0.0472. The largest absolute Gasteiger partial charge is 0.356 e. The zero-order valence-electron chi connectivity index (χ0n) is 10.4. The Morgan fingerprint density at radius 3 is 2.82 bits per heavy atom. The van der Waals surface area contributed by atoms with E-state index in [0.29, 0.717) is 11.4 Å². The molecule has 0 aromatic heterocycles. The van der Waals surface area contributed by atoms with Gasteiger partial charge in [0.15, 0.2) is 0 Å². The molecule has 0 bridgehead atoms. The van der Waals surface area contributed by atoms with Crippen molar-refractivity contribution in [3.8, 4) is 0 Å². The Labute approximate surface area is 108 Å². The summed E-state index contributed by atoms with van der Waals surface area (Å²) in [5.74, 6) is 0.0472.